The Morgan fingerprint density at radius 3 is 2.54 bits per heavy atom. The standard InChI is InChI=1S/C24H21F2NO/c25-13-4-1-5-14-27-16-22(21-15-18(26)11-12-23(21)27)24(28)20-10-6-8-17-7-2-3-9-19(17)20/h2-3,6-12,15-16H,1,4-5,13-14H2. The van der Waals surface area contributed by atoms with Gasteiger partial charge in [-0.25, -0.2) is 4.39 Å². The van der Waals surface area contributed by atoms with Crippen molar-refractivity contribution in [1.82, 2.24) is 4.57 Å². The molecule has 0 bridgehead atoms. The van der Waals surface area contributed by atoms with Gasteiger partial charge in [-0.15, -0.1) is 0 Å². The fourth-order valence-corrected chi connectivity index (χ4v) is 3.76. The normalized spacial score (nSPS) is 11.4. The molecule has 4 rings (SSSR count). The van der Waals surface area contributed by atoms with E-state index in [2.05, 4.69) is 0 Å². The zero-order valence-corrected chi connectivity index (χ0v) is 15.5. The molecule has 4 heteroatoms. The van der Waals surface area contributed by atoms with Crippen molar-refractivity contribution in [2.24, 2.45) is 0 Å². The molecule has 142 valence electrons. The van der Waals surface area contributed by atoms with Gasteiger partial charge in [-0.05, 0) is 48.2 Å². The Bertz CT molecular complexity index is 1140. The molecule has 0 aliphatic heterocycles. The van der Waals surface area contributed by atoms with Gasteiger partial charge in [0.1, 0.15) is 5.82 Å². The lowest BCUT2D eigenvalue weighted by molar-refractivity contribution is 0.104. The summed E-state index contributed by atoms with van der Waals surface area (Å²) in [5.41, 5.74) is 1.93. The maximum Gasteiger partial charge on any atom is 0.195 e. The van der Waals surface area contributed by atoms with Crippen LogP contribution in [0.5, 0.6) is 0 Å². The molecule has 3 aromatic carbocycles. The van der Waals surface area contributed by atoms with Gasteiger partial charge < -0.3 is 4.57 Å². The number of carbonyl (C=O) groups is 1. The molecule has 2 nitrogen and oxygen atoms in total. The third-order valence-corrected chi connectivity index (χ3v) is 5.15. The molecule has 0 aliphatic carbocycles. The van der Waals surface area contributed by atoms with Crippen molar-refractivity contribution in [2.75, 3.05) is 6.67 Å². The van der Waals surface area contributed by atoms with Gasteiger partial charge in [0.2, 0.25) is 0 Å². The van der Waals surface area contributed by atoms with E-state index in [1.54, 1.807) is 6.07 Å². The van der Waals surface area contributed by atoms with Gasteiger partial charge in [-0.2, -0.15) is 0 Å². The second kappa shape index (κ2) is 7.93. The highest BCUT2D eigenvalue weighted by molar-refractivity contribution is 6.21. The number of carbonyl (C=O) groups excluding carboxylic acids is 1. The molecule has 1 heterocycles. The number of unbranched alkanes of at least 4 members (excludes halogenated alkanes) is 2. The summed E-state index contributed by atoms with van der Waals surface area (Å²) in [4.78, 5) is 13.4. The van der Waals surface area contributed by atoms with E-state index >= 15 is 0 Å². The van der Waals surface area contributed by atoms with Crippen LogP contribution in [0.1, 0.15) is 35.2 Å². The Morgan fingerprint density at radius 1 is 0.857 bits per heavy atom. The monoisotopic (exact) mass is 377 g/mol. The van der Waals surface area contributed by atoms with Gasteiger partial charge in [0, 0.05) is 34.8 Å². The van der Waals surface area contributed by atoms with Crippen LogP contribution in [-0.2, 0) is 6.54 Å². The average molecular weight is 377 g/mol. The van der Waals surface area contributed by atoms with Crippen LogP contribution in [0, 0.1) is 5.82 Å². The van der Waals surface area contributed by atoms with E-state index in [1.807, 2.05) is 53.2 Å². The maximum absolute atomic E-state index is 13.9. The first-order valence-electron chi connectivity index (χ1n) is 9.56. The lowest BCUT2D eigenvalue weighted by atomic mass is 9.97. The molecule has 0 unspecified atom stereocenters. The minimum atomic E-state index is -0.366. The van der Waals surface area contributed by atoms with Crippen molar-refractivity contribution in [1.29, 1.82) is 0 Å². The van der Waals surface area contributed by atoms with Crippen LogP contribution in [0.2, 0.25) is 0 Å². The summed E-state index contributed by atoms with van der Waals surface area (Å²) < 4.78 is 28.3. The summed E-state index contributed by atoms with van der Waals surface area (Å²) in [6, 6.07) is 17.9. The van der Waals surface area contributed by atoms with E-state index < -0.39 is 0 Å². The molecule has 0 spiro atoms. The molecule has 0 aliphatic rings. The Labute approximate surface area is 162 Å². The van der Waals surface area contributed by atoms with Crippen molar-refractivity contribution in [3.63, 3.8) is 0 Å². The van der Waals surface area contributed by atoms with E-state index in [-0.39, 0.29) is 18.3 Å². The minimum absolute atomic E-state index is 0.116. The van der Waals surface area contributed by atoms with Crippen LogP contribution in [0.25, 0.3) is 21.7 Å². The first-order chi connectivity index (χ1) is 13.7. The average Bonchev–Trinajstić information content (AvgIpc) is 3.08. The molecule has 0 saturated heterocycles. The number of fused-ring (bicyclic) bond motifs is 2. The lowest BCUT2D eigenvalue weighted by Gasteiger charge is -2.05. The van der Waals surface area contributed by atoms with Crippen LogP contribution in [0.4, 0.5) is 8.78 Å². The predicted molar refractivity (Wildman–Crippen MR) is 109 cm³/mol. The number of aryl methyl sites for hydroxylation is 1. The van der Waals surface area contributed by atoms with E-state index in [9.17, 15) is 13.6 Å². The topological polar surface area (TPSA) is 22.0 Å². The van der Waals surface area contributed by atoms with Crippen molar-refractivity contribution in [3.05, 3.63) is 83.8 Å². The van der Waals surface area contributed by atoms with Gasteiger partial charge in [0.15, 0.2) is 5.78 Å². The van der Waals surface area contributed by atoms with Crippen LogP contribution in [0.3, 0.4) is 0 Å². The molecule has 0 atom stereocenters. The van der Waals surface area contributed by atoms with Gasteiger partial charge in [0.25, 0.3) is 0 Å². The largest absolute Gasteiger partial charge is 0.347 e. The highest BCUT2D eigenvalue weighted by atomic mass is 19.1. The number of halogens is 2. The van der Waals surface area contributed by atoms with Gasteiger partial charge in [0.05, 0.1) is 6.67 Å². The van der Waals surface area contributed by atoms with Crippen molar-refractivity contribution in [3.8, 4) is 0 Å². The molecule has 4 aromatic rings. The summed E-state index contributed by atoms with van der Waals surface area (Å²) in [5, 5.41) is 2.49. The van der Waals surface area contributed by atoms with Crippen molar-refractivity contribution in [2.45, 2.75) is 25.8 Å². The lowest BCUT2D eigenvalue weighted by Crippen LogP contribution is -2.02. The third kappa shape index (κ3) is 3.42. The summed E-state index contributed by atoms with van der Waals surface area (Å²) in [6.45, 7) is 0.355. The van der Waals surface area contributed by atoms with Crippen molar-refractivity contribution >= 4 is 27.5 Å². The summed E-state index contributed by atoms with van der Waals surface area (Å²) in [7, 11) is 0. The van der Waals surface area contributed by atoms with Crippen LogP contribution in [-0.4, -0.2) is 17.0 Å². The minimum Gasteiger partial charge on any atom is -0.347 e. The molecule has 1 aromatic heterocycles. The maximum atomic E-state index is 13.9. The van der Waals surface area contributed by atoms with E-state index in [4.69, 9.17) is 0 Å². The molecular weight excluding hydrogens is 356 g/mol. The molecule has 0 saturated carbocycles. The highest BCUT2D eigenvalue weighted by Gasteiger charge is 2.19. The van der Waals surface area contributed by atoms with Gasteiger partial charge >= 0.3 is 0 Å². The Hall–Kier alpha value is -3.01. The summed E-state index contributed by atoms with van der Waals surface area (Å²) in [6.07, 6.45) is 3.94. The number of hydrogen-bond acceptors (Lipinski definition) is 1. The number of aromatic nitrogens is 1. The fraction of sp³-hybridized carbons (Fsp3) is 0.208. The summed E-state index contributed by atoms with van der Waals surface area (Å²) in [5.74, 6) is -0.482. The second-order valence-electron chi connectivity index (χ2n) is 7.00. The number of nitrogens with zero attached hydrogens (tertiary/aromatic N) is 1. The number of ketones is 1. The molecule has 0 N–H and O–H groups in total. The Kier molecular flexibility index (Phi) is 5.20. The van der Waals surface area contributed by atoms with Crippen LogP contribution < -0.4 is 0 Å². The number of alkyl halides is 1. The predicted octanol–water partition coefficient (Wildman–Crippen LogP) is 6.30. The quantitative estimate of drug-likeness (QED) is 0.273. The van der Waals surface area contributed by atoms with Gasteiger partial charge in [-0.3, -0.25) is 9.18 Å². The molecule has 28 heavy (non-hydrogen) atoms. The SMILES string of the molecule is O=C(c1cccc2ccccc12)c1cn(CCCCCF)c2ccc(F)cc12. The van der Waals surface area contributed by atoms with E-state index in [1.165, 1.54) is 12.1 Å². The van der Waals surface area contributed by atoms with E-state index in [0.29, 0.717) is 29.5 Å². The number of hydrogen-bond donors (Lipinski definition) is 0. The number of benzene rings is 3. The zero-order chi connectivity index (χ0) is 19.5. The van der Waals surface area contributed by atoms with E-state index in [0.717, 1.165) is 29.1 Å². The summed E-state index contributed by atoms with van der Waals surface area (Å²) >= 11 is 0. The van der Waals surface area contributed by atoms with Crippen LogP contribution in [0.15, 0.2) is 66.9 Å². The van der Waals surface area contributed by atoms with Crippen molar-refractivity contribution < 1.29 is 13.6 Å². The highest BCUT2D eigenvalue weighted by Crippen LogP contribution is 2.28. The fourth-order valence-electron chi connectivity index (χ4n) is 3.76. The van der Waals surface area contributed by atoms with Gasteiger partial charge in [-0.1, -0.05) is 42.5 Å². The zero-order valence-electron chi connectivity index (χ0n) is 15.5. The Morgan fingerprint density at radius 2 is 1.68 bits per heavy atom. The number of rotatable bonds is 7. The van der Waals surface area contributed by atoms with Crippen LogP contribution >= 0.6 is 0 Å². The second-order valence-corrected chi connectivity index (χ2v) is 7.00. The molecule has 0 fully saturated rings. The first-order valence-corrected chi connectivity index (χ1v) is 9.56. The smallest absolute Gasteiger partial charge is 0.195 e. The molecular formula is C24H21F2NO. The molecule has 0 amide bonds. The molecule has 0 radical (unpaired) electrons. The third-order valence-electron chi connectivity index (χ3n) is 5.15. The first kappa shape index (κ1) is 18.4. The Balaban J connectivity index is 1.79.